The van der Waals surface area contributed by atoms with Crippen molar-refractivity contribution in [1.29, 1.82) is 0 Å². The quantitative estimate of drug-likeness (QED) is 0.822. The number of hydrogen-bond acceptors (Lipinski definition) is 4. The molecule has 1 rings (SSSR count). The van der Waals surface area contributed by atoms with Crippen molar-refractivity contribution in [2.45, 2.75) is 20.0 Å². The van der Waals surface area contributed by atoms with Crippen molar-refractivity contribution >= 4 is 17.9 Å². The second-order valence-electron chi connectivity index (χ2n) is 3.99. The van der Waals surface area contributed by atoms with Gasteiger partial charge in [0.15, 0.2) is 6.10 Å². The van der Waals surface area contributed by atoms with E-state index in [4.69, 9.17) is 0 Å². The van der Waals surface area contributed by atoms with Crippen LogP contribution in [0.3, 0.4) is 0 Å². The lowest BCUT2D eigenvalue weighted by Gasteiger charge is -2.13. The molecule has 0 saturated heterocycles. The number of urea groups is 1. The molecule has 0 fully saturated rings. The highest BCUT2D eigenvalue weighted by molar-refractivity contribution is 5.98. The summed E-state index contributed by atoms with van der Waals surface area (Å²) in [6, 6.07) is 2.10. The Hall–Kier alpha value is -2.51. The number of amides is 3. The number of nitrogens with one attached hydrogen (secondary N) is 2. The molecule has 1 aromatic carbocycles. The molecule has 1 aromatic rings. The Morgan fingerprint density at radius 1 is 1.24 bits per heavy atom. The van der Waals surface area contributed by atoms with Crippen LogP contribution in [0.4, 0.5) is 13.6 Å². The van der Waals surface area contributed by atoms with E-state index in [1.807, 2.05) is 5.32 Å². The van der Waals surface area contributed by atoms with E-state index in [1.165, 1.54) is 6.92 Å². The van der Waals surface area contributed by atoms with Gasteiger partial charge in [-0.25, -0.2) is 18.4 Å². The number of carbonyl (C=O) groups is 3. The largest absolute Gasteiger partial charge is 0.449 e. The second kappa shape index (κ2) is 7.32. The van der Waals surface area contributed by atoms with E-state index in [0.717, 1.165) is 18.2 Å². The topological polar surface area (TPSA) is 84.5 Å². The number of carbonyl (C=O) groups excluding carboxylic acids is 3. The minimum Gasteiger partial charge on any atom is -0.449 e. The van der Waals surface area contributed by atoms with Crippen molar-refractivity contribution in [3.8, 4) is 0 Å². The summed E-state index contributed by atoms with van der Waals surface area (Å²) in [5.74, 6) is -4.44. The van der Waals surface area contributed by atoms with Crippen LogP contribution in [0.2, 0.25) is 0 Å². The number of ether oxygens (including phenoxy) is 1. The van der Waals surface area contributed by atoms with Crippen LogP contribution in [0.5, 0.6) is 0 Å². The zero-order valence-electron chi connectivity index (χ0n) is 11.4. The molecule has 0 bridgehead atoms. The first kappa shape index (κ1) is 16.5. The molecule has 8 heteroatoms. The van der Waals surface area contributed by atoms with Gasteiger partial charge in [0, 0.05) is 6.54 Å². The molecule has 0 aliphatic heterocycles. The highest BCUT2D eigenvalue weighted by atomic mass is 19.1. The normalized spacial score (nSPS) is 11.4. The van der Waals surface area contributed by atoms with E-state index in [1.54, 1.807) is 6.92 Å². The maximum absolute atomic E-state index is 13.4. The summed E-state index contributed by atoms with van der Waals surface area (Å²) in [5, 5.41) is 4.22. The van der Waals surface area contributed by atoms with E-state index in [2.05, 4.69) is 10.1 Å². The summed E-state index contributed by atoms with van der Waals surface area (Å²) in [5.41, 5.74) is -0.893. The van der Waals surface area contributed by atoms with Crippen molar-refractivity contribution in [3.05, 3.63) is 35.4 Å². The van der Waals surface area contributed by atoms with Gasteiger partial charge in [-0.15, -0.1) is 0 Å². The van der Waals surface area contributed by atoms with Gasteiger partial charge >= 0.3 is 12.0 Å². The molecule has 0 spiro atoms. The van der Waals surface area contributed by atoms with Crippen molar-refractivity contribution in [2.24, 2.45) is 0 Å². The minimum absolute atomic E-state index is 0.299. The van der Waals surface area contributed by atoms with Gasteiger partial charge in [0.05, 0.1) is 0 Å². The van der Waals surface area contributed by atoms with Crippen LogP contribution in [-0.4, -0.2) is 30.6 Å². The Labute approximate surface area is 119 Å². The molecule has 0 unspecified atom stereocenters. The van der Waals surface area contributed by atoms with Crippen molar-refractivity contribution in [1.82, 2.24) is 10.6 Å². The van der Waals surface area contributed by atoms with E-state index in [0.29, 0.717) is 6.54 Å². The van der Waals surface area contributed by atoms with Crippen LogP contribution >= 0.6 is 0 Å². The molecule has 0 aromatic heterocycles. The molecule has 114 valence electrons. The van der Waals surface area contributed by atoms with Gasteiger partial charge in [-0.05, 0) is 26.0 Å². The number of imide groups is 1. The molecule has 0 saturated carbocycles. The van der Waals surface area contributed by atoms with E-state index < -0.39 is 41.2 Å². The molecular formula is C13H14F2N2O4. The maximum Gasteiger partial charge on any atom is 0.344 e. The predicted octanol–water partition coefficient (Wildman–Crippen LogP) is 1.36. The Morgan fingerprint density at radius 3 is 2.33 bits per heavy atom. The highest BCUT2D eigenvalue weighted by Crippen LogP contribution is 2.14. The first-order valence-corrected chi connectivity index (χ1v) is 6.10. The number of hydrogen-bond donors (Lipinski definition) is 2. The molecule has 0 radical (unpaired) electrons. The summed E-state index contributed by atoms with van der Waals surface area (Å²) in [4.78, 5) is 34.3. The van der Waals surface area contributed by atoms with Crippen LogP contribution in [0, 0.1) is 11.6 Å². The SMILES string of the molecule is CCNC(=O)NC(=O)[C@@H](C)OC(=O)c1c(F)cccc1F. The van der Waals surface area contributed by atoms with Gasteiger partial charge in [-0.1, -0.05) is 6.07 Å². The van der Waals surface area contributed by atoms with Gasteiger partial charge in [0.1, 0.15) is 17.2 Å². The molecule has 2 N–H and O–H groups in total. The zero-order valence-corrected chi connectivity index (χ0v) is 11.4. The van der Waals surface area contributed by atoms with Crippen molar-refractivity contribution in [3.63, 3.8) is 0 Å². The lowest BCUT2D eigenvalue weighted by Crippen LogP contribution is -2.44. The van der Waals surface area contributed by atoms with Crippen molar-refractivity contribution < 1.29 is 27.9 Å². The Bertz CT molecular complexity index is 543. The highest BCUT2D eigenvalue weighted by Gasteiger charge is 2.24. The van der Waals surface area contributed by atoms with Crippen LogP contribution < -0.4 is 10.6 Å². The van der Waals surface area contributed by atoms with E-state index >= 15 is 0 Å². The predicted molar refractivity (Wildman–Crippen MR) is 68.5 cm³/mol. The van der Waals surface area contributed by atoms with Crippen molar-refractivity contribution in [2.75, 3.05) is 6.54 Å². The summed E-state index contributed by atoms with van der Waals surface area (Å²) in [6.07, 6.45) is -1.39. The summed E-state index contributed by atoms with van der Waals surface area (Å²) < 4.78 is 31.3. The van der Waals surface area contributed by atoms with Crippen LogP contribution in [-0.2, 0) is 9.53 Å². The second-order valence-corrected chi connectivity index (χ2v) is 3.99. The van der Waals surface area contributed by atoms with Crippen LogP contribution in [0.25, 0.3) is 0 Å². The van der Waals surface area contributed by atoms with Crippen LogP contribution in [0.1, 0.15) is 24.2 Å². The molecule has 6 nitrogen and oxygen atoms in total. The third-order valence-electron chi connectivity index (χ3n) is 2.39. The standard InChI is InChI=1S/C13H14F2N2O4/c1-3-16-13(20)17-11(18)7(2)21-12(19)10-8(14)5-4-6-9(10)15/h4-7H,3H2,1-2H3,(H2,16,17,18,20)/t7-/m1/s1. The third kappa shape index (κ3) is 4.51. The summed E-state index contributed by atoms with van der Waals surface area (Å²) in [6.45, 7) is 3.12. The lowest BCUT2D eigenvalue weighted by molar-refractivity contribution is -0.127. The third-order valence-corrected chi connectivity index (χ3v) is 2.39. The van der Waals surface area contributed by atoms with E-state index in [9.17, 15) is 23.2 Å². The molecular weight excluding hydrogens is 286 g/mol. The zero-order chi connectivity index (χ0) is 16.0. The average molecular weight is 300 g/mol. The van der Waals surface area contributed by atoms with Gasteiger partial charge in [-0.2, -0.15) is 0 Å². The van der Waals surface area contributed by atoms with E-state index in [-0.39, 0.29) is 0 Å². The first-order chi connectivity index (χ1) is 9.86. The summed E-state index contributed by atoms with van der Waals surface area (Å²) >= 11 is 0. The van der Waals surface area contributed by atoms with Gasteiger partial charge in [0.25, 0.3) is 5.91 Å². The Kier molecular flexibility index (Phi) is 5.77. The number of rotatable bonds is 4. The molecule has 0 heterocycles. The van der Waals surface area contributed by atoms with Crippen LogP contribution in [0.15, 0.2) is 18.2 Å². The monoisotopic (exact) mass is 300 g/mol. The van der Waals surface area contributed by atoms with Gasteiger partial charge < -0.3 is 10.1 Å². The maximum atomic E-state index is 13.4. The molecule has 1 atom stereocenters. The Balaban J connectivity index is 2.70. The smallest absolute Gasteiger partial charge is 0.344 e. The molecule has 21 heavy (non-hydrogen) atoms. The Morgan fingerprint density at radius 2 is 1.81 bits per heavy atom. The number of benzene rings is 1. The fraction of sp³-hybridized carbons (Fsp3) is 0.308. The number of halogens is 2. The number of esters is 1. The molecule has 0 aliphatic rings. The first-order valence-electron chi connectivity index (χ1n) is 6.10. The molecule has 0 aliphatic carbocycles. The lowest BCUT2D eigenvalue weighted by atomic mass is 10.2. The summed E-state index contributed by atoms with van der Waals surface area (Å²) in [7, 11) is 0. The van der Waals surface area contributed by atoms with Gasteiger partial charge in [-0.3, -0.25) is 10.1 Å². The van der Waals surface area contributed by atoms with Gasteiger partial charge in [0.2, 0.25) is 0 Å². The average Bonchev–Trinajstić information content (AvgIpc) is 2.38. The fourth-order valence-electron chi connectivity index (χ4n) is 1.38. The molecule has 3 amide bonds. The fourth-order valence-corrected chi connectivity index (χ4v) is 1.38. The minimum atomic E-state index is -1.39.